The van der Waals surface area contributed by atoms with Crippen molar-refractivity contribution < 1.29 is 0 Å². The first-order valence-corrected chi connectivity index (χ1v) is 8.74. The van der Waals surface area contributed by atoms with Crippen LogP contribution in [0.5, 0.6) is 0 Å². The second-order valence-corrected chi connectivity index (χ2v) is 9.10. The van der Waals surface area contributed by atoms with Crippen LogP contribution in [-0.2, 0) is 0 Å². The molecule has 4 rings (SSSR count). The summed E-state index contributed by atoms with van der Waals surface area (Å²) in [4.78, 5) is 0. The fraction of sp³-hybridized carbons (Fsp3) is 1.00. The summed E-state index contributed by atoms with van der Waals surface area (Å²) < 4.78 is 0. The quantitative estimate of drug-likeness (QED) is 0.781. The summed E-state index contributed by atoms with van der Waals surface area (Å²) in [6.07, 6.45) is 10.5. The first kappa shape index (κ1) is 12.7. The van der Waals surface area contributed by atoms with E-state index in [1.165, 1.54) is 51.5 Å². The number of rotatable bonds is 5. The third kappa shape index (κ3) is 1.99. The molecule has 4 fully saturated rings. The van der Waals surface area contributed by atoms with Gasteiger partial charge in [-0.3, -0.25) is 0 Å². The van der Waals surface area contributed by atoms with Crippen LogP contribution in [0.2, 0.25) is 0 Å². The van der Waals surface area contributed by atoms with Gasteiger partial charge < -0.3 is 5.32 Å². The predicted molar refractivity (Wildman–Crippen MR) is 80.0 cm³/mol. The molecule has 0 saturated heterocycles. The van der Waals surface area contributed by atoms with Gasteiger partial charge in [-0.25, -0.2) is 0 Å². The Kier molecular flexibility index (Phi) is 2.67. The Bertz CT molecular complexity index is 349. The molecule has 1 N–H and O–H groups in total. The second kappa shape index (κ2) is 4.00. The lowest BCUT2D eigenvalue weighted by atomic mass is 9.68. The monoisotopic (exact) mass is 261 g/mol. The minimum atomic E-state index is 0.532. The summed E-state index contributed by atoms with van der Waals surface area (Å²) in [6, 6.07) is 0.777. The second-order valence-electron chi connectivity index (χ2n) is 9.10. The Morgan fingerprint density at radius 3 is 2.11 bits per heavy atom. The number of hydrogen-bond donors (Lipinski definition) is 1. The Labute approximate surface area is 118 Å². The van der Waals surface area contributed by atoms with Crippen molar-refractivity contribution in [2.24, 2.45) is 34.5 Å². The van der Waals surface area contributed by atoms with Gasteiger partial charge in [-0.2, -0.15) is 0 Å². The number of nitrogens with one attached hydrogen (secondary N) is 1. The zero-order chi connectivity index (χ0) is 13.3. The van der Waals surface area contributed by atoms with E-state index in [4.69, 9.17) is 0 Å². The van der Waals surface area contributed by atoms with Crippen LogP contribution in [0.15, 0.2) is 0 Å². The molecule has 0 radical (unpaired) electrons. The summed E-state index contributed by atoms with van der Waals surface area (Å²) in [5.41, 5.74) is 1.14. The van der Waals surface area contributed by atoms with Gasteiger partial charge in [0.05, 0.1) is 0 Å². The van der Waals surface area contributed by atoms with Gasteiger partial charge in [-0.15, -0.1) is 0 Å². The van der Waals surface area contributed by atoms with Gasteiger partial charge in [0.2, 0.25) is 0 Å². The highest BCUT2D eigenvalue weighted by Gasteiger charge is 2.59. The van der Waals surface area contributed by atoms with Gasteiger partial charge in [-0.05, 0) is 86.0 Å². The average Bonchev–Trinajstić information content (AvgIpc) is 3.23. The van der Waals surface area contributed by atoms with Gasteiger partial charge in [0, 0.05) is 6.04 Å². The minimum absolute atomic E-state index is 0.532. The van der Waals surface area contributed by atoms with Crippen LogP contribution in [-0.4, -0.2) is 12.6 Å². The highest BCUT2D eigenvalue weighted by molar-refractivity contribution is 5.12. The molecule has 4 aliphatic rings. The Morgan fingerprint density at radius 2 is 1.63 bits per heavy atom. The molecule has 0 aliphatic heterocycles. The van der Waals surface area contributed by atoms with E-state index < -0.39 is 0 Å². The largest absolute Gasteiger partial charge is 0.313 e. The van der Waals surface area contributed by atoms with Crippen molar-refractivity contribution in [1.29, 1.82) is 0 Å². The first-order valence-electron chi connectivity index (χ1n) is 8.74. The fourth-order valence-electron chi connectivity index (χ4n) is 5.83. The van der Waals surface area contributed by atoms with Crippen LogP contribution in [0, 0.1) is 34.5 Å². The van der Waals surface area contributed by atoms with E-state index in [0.29, 0.717) is 10.8 Å². The van der Waals surface area contributed by atoms with Crippen molar-refractivity contribution in [2.75, 3.05) is 6.54 Å². The van der Waals surface area contributed by atoms with Crippen molar-refractivity contribution in [2.45, 2.75) is 71.8 Å². The zero-order valence-corrected chi connectivity index (χ0v) is 13.0. The van der Waals surface area contributed by atoms with Gasteiger partial charge >= 0.3 is 0 Å². The van der Waals surface area contributed by atoms with E-state index in [9.17, 15) is 0 Å². The molecule has 3 atom stereocenters. The van der Waals surface area contributed by atoms with Crippen LogP contribution < -0.4 is 5.32 Å². The van der Waals surface area contributed by atoms with Crippen molar-refractivity contribution in [3.63, 3.8) is 0 Å². The maximum Gasteiger partial charge on any atom is 0.0175 e. The van der Waals surface area contributed by atoms with E-state index in [1.807, 2.05) is 0 Å². The zero-order valence-electron chi connectivity index (χ0n) is 13.0. The SMILES string of the molecule is CC1(C)C(NCC(C2CC2)C2CC2)[C@]2(C)CC[C@H]1C2. The van der Waals surface area contributed by atoms with Crippen molar-refractivity contribution >= 4 is 0 Å². The van der Waals surface area contributed by atoms with Crippen LogP contribution in [0.25, 0.3) is 0 Å². The molecular formula is C18H31N. The lowest BCUT2D eigenvalue weighted by molar-refractivity contribution is 0.102. The van der Waals surface area contributed by atoms with Crippen LogP contribution in [0.3, 0.4) is 0 Å². The molecule has 1 nitrogen and oxygen atoms in total. The third-order valence-electron chi connectivity index (χ3n) is 7.28. The van der Waals surface area contributed by atoms with Crippen molar-refractivity contribution in [3.8, 4) is 0 Å². The van der Waals surface area contributed by atoms with E-state index in [2.05, 4.69) is 26.1 Å². The molecule has 1 heteroatoms. The summed E-state index contributed by atoms with van der Waals surface area (Å²) in [5.74, 6) is 4.19. The average molecular weight is 261 g/mol. The molecule has 19 heavy (non-hydrogen) atoms. The third-order valence-corrected chi connectivity index (χ3v) is 7.28. The predicted octanol–water partition coefficient (Wildman–Crippen LogP) is 4.23. The standard InChI is InChI=1S/C18H31N/c1-17(2)14-8-9-18(3,10-14)16(17)19-11-15(12-4-5-12)13-6-7-13/h12-16,19H,4-11H2,1-3H3/t14-,16?,18+/m0/s1. The van der Waals surface area contributed by atoms with E-state index >= 15 is 0 Å². The van der Waals surface area contributed by atoms with Crippen LogP contribution >= 0.6 is 0 Å². The Hall–Kier alpha value is -0.0400. The Morgan fingerprint density at radius 1 is 1.00 bits per heavy atom. The fourth-order valence-corrected chi connectivity index (χ4v) is 5.83. The number of fused-ring (bicyclic) bond motifs is 2. The summed E-state index contributed by atoms with van der Waals surface area (Å²) in [7, 11) is 0. The van der Waals surface area contributed by atoms with Crippen molar-refractivity contribution in [3.05, 3.63) is 0 Å². The summed E-state index contributed by atoms with van der Waals surface area (Å²) in [5, 5.41) is 4.09. The lowest BCUT2D eigenvalue weighted by Gasteiger charge is -2.44. The topological polar surface area (TPSA) is 12.0 Å². The number of hydrogen-bond acceptors (Lipinski definition) is 1. The lowest BCUT2D eigenvalue weighted by Crippen LogP contribution is -2.51. The van der Waals surface area contributed by atoms with Crippen LogP contribution in [0.1, 0.15) is 65.7 Å². The van der Waals surface area contributed by atoms with Crippen molar-refractivity contribution in [1.82, 2.24) is 5.32 Å². The first-order chi connectivity index (χ1) is 9.01. The summed E-state index contributed by atoms with van der Waals surface area (Å²) in [6.45, 7) is 8.94. The molecule has 0 aromatic heterocycles. The smallest absolute Gasteiger partial charge is 0.0175 e. The molecule has 4 saturated carbocycles. The van der Waals surface area contributed by atoms with E-state index in [0.717, 1.165) is 29.7 Å². The van der Waals surface area contributed by atoms with Crippen LogP contribution in [0.4, 0.5) is 0 Å². The van der Waals surface area contributed by atoms with E-state index in [1.54, 1.807) is 0 Å². The molecule has 0 aromatic carbocycles. The maximum atomic E-state index is 4.09. The molecular weight excluding hydrogens is 230 g/mol. The summed E-state index contributed by atoms with van der Waals surface area (Å²) >= 11 is 0. The van der Waals surface area contributed by atoms with Gasteiger partial charge in [0.25, 0.3) is 0 Å². The normalized spacial score (nSPS) is 44.2. The minimum Gasteiger partial charge on any atom is -0.313 e. The van der Waals surface area contributed by atoms with Gasteiger partial charge in [0.1, 0.15) is 0 Å². The molecule has 108 valence electrons. The van der Waals surface area contributed by atoms with Gasteiger partial charge in [0.15, 0.2) is 0 Å². The molecule has 1 unspecified atom stereocenters. The molecule has 0 heterocycles. The molecule has 0 amide bonds. The molecule has 0 spiro atoms. The molecule has 0 aromatic rings. The van der Waals surface area contributed by atoms with Gasteiger partial charge in [-0.1, -0.05) is 20.8 Å². The Balaban J connectivity index is 1.44. The highest BCUT2D eigenvalue weighted by atomic mass is 15.0. The van der Waals surface area contributed by atoms with E-state index in [-0.39, 0.29) is 0 Å². The molecule has 4 aliphatic carbocycles. The molecule has 2 bridgehead atoms. The highest BCUT2D eigenvalue weighted by Crippen LogP contribution is 2.62. The maximum absolute atomic E-state index is 4.09.